The molecule has 138 valence electrons. The lowest BCUT2D eigenvalue weighted by atomic mass is 10.0. The second kappa shape index (κ2) is 8.12. The first-order valence-corrected chi connectivity index (χ1v) is 8.74. The maximum atomic E-state index is 14.0. The Bertz CT molecular complexity index is 784. The van der Waals surface area contributed by atoms with E-state index < -0.39 is 5.97 Å². The van der Waals surface area contributed by atoms with E-state index in [0.29, 0.717) is 22.9 Å². The third-order valence-electron chi connectivity index (χ3n) is 4.56. The number of benzene rings is 1. The summed E-state index contributed by atoms with van der Waals surface area (Å²) in [5, 5.41) is 3.11. The van der Waals surface area contributed by atoms with Crippen molar-refractivity contribution in [2.75, 3.05) is 30.4 Å². The van der Waals surface area contributed by atoms with Crippen molar-refractivity contribution in [1.29, 1.82) is 0 Å². The molecule has 1 aliphatic heterocycles. The van der Waals surface area contributed by atoms with Crippen LogP contribution < -0.4 is 10.2 Å². The Labute approximate surface area is 152 Å². The van der Waals surface area contributed by atoms with Crippen LogP contribution >= 0.6 is 0 Å². The van der Waals surface area contributed by atoms with Gasteiger partial charge in [0.1, 0.15) is 23.8 Å². The number of aromatic nitrogens is 2. The number of hydrogen-bond donors (Lipinski definition) is 1. The molecule has 7 heteroatoms. The third kappa shape index (κ3) is 4.28. The number of esters is 1. The molecule has 1 fully saturated rings. The van der Waals surface area contributed by atoms with Crippen molar-refractivity contribution in [2.45, 2.75) is 26.3 Å². The maximum absolute atomic E-state index is 14.0. The minimum absolute atomic E-state index is 0.212. The lowest BCUT2D eigenvalue weighted by Gasteiger charge is -2.31. The highest BCUT2D eigenvalue weighted by atomic mass is 19.1. The molecule has 1 unspecified atom stereocenters. The summed E-state index contributed by atoms with van der Waals surface area (Å²) in [6.07, 6.45) is 3.90. The minimum atomic E-state index is -0.491. The molecule has 2 aromatic rings. The van der Waals surface area contributed by atoms with Crippen molar-refractivity contribution in [3.05, 3.63) is 47.5 Å². The fourth-order valence-electron chi connectivity index (χ4n) is 3.15. The number of anilines is 2. The topological polar surface area (TPSA) is 67.3 Å². The van der Waals surface area contributed by atoms with Crippen LogP contribution in [0.5, 0.6) is 0 Å². The second-order valence-corrected chi connectivity index (χ2v) is 6.61. The van der Waals surface area contributed by atoms with Crippen molar-refractivity contribution in [1.82, 2.24) is 9.97 Å². The Kier molecular flexibility index (Phi) is 5.65. The highest BCUT2D eigenvalue weighted by Crippen LogP contribution is 2.22. The smallest absolute Gasteiger partial charge is 0.337 e. The summed E-state index contributed by atoms with van der Waals surface area (Å²) in [6.45, 7) is 4.41. The minimum Gasteiger partial charge on any atom is -0.465 e. The summed E-state index contributed by atoms with van der Waals surface area (Å²) >= 11 is 0. The molecule has 1 saturated heterocycles. The molecule has 0 saturated carbocycles. The summed E-state index contributed by atoms with van der Waals surface area (Å²) in [5.41, 5.74) is 0.691. The average molecular weight is 358 g/mol. The number of nitrogens with one attached hydrogen (secondary N) is 1. The van der Waals surface area contributed by atoms with Crippen molar-refractivity contribution in [3.8, 4) is 0 Å². The van der Waals surface area contributed by atoms with Gasteiger partial charge in [0.25, 0.3) is 0 Å². The Balaban J connectivity index is 1.70. The number of rotatable bonds is 5. The van der Waals surface area contributed by atoms with E-state index in [0.717, 1.165) is 25.3 Å². The lowest BCUT2D eigenvalue weighted by Crippen LogP contribution is -2.34. The van der Waals surface area contributed by atoms with Crippen molar-refractivity contribution >= 4 is 17.6 Å². The van der Waals surface area contributed by atoms with Crippen LogP contribution in [0.3, 0.4) is 0 Å². The highest BCUT2D eigenvalue weighted by molar-refractivity contribution is 5.89. The van der Waals surface area contributed by atoms with Crippen molar-refractivity contribution in [3.63, 3.8) is 0 Å². The van der Waals surface area contributed by atoms with Gasteiger partial charge in [0.15, 0.2) is 0 Å². The Hall–Kier alpha value is -2.70. The van der Waals surface area contributed by atoms with E-state index in [1.165, 1.54) is 38.1 Å². The van der Waals surface area contributed by atoms with Gasteiger partial charge in [0.05, 0.1) is 12.7 Å². The van der Waals surface area contributed by atoms with Crippen molar-refractivity contribution in [2.24, 2.45) is 5.92 Å². The quantitative estimate of drug-likeness (QED) is 0.828. The van der Waals surface area contributed by atoms with E-state index in [1.54, 1.807) is 0 Å². The van der Waals surface area contributed by atoms with Crippen LogP contribution in [0.25, 0.3) is 0 Å². The summed E-state index contributed by atoms with van der Waals surface area (Å²) < 4.78 is 18.7. The summed E-state index contributed by atoms with van der Waals surface area (Å²) in [5.74, 6) is 1.26. The third-order valence-corrected chi connectivity index (χ3v) is 4.56. The van der Waals surface area contributed by atoms with Gasteiger partial charge in [-0.25, -0.2) is 19.2 Å². The van der Waals surface area contributed by atoms with Crippen LogP contribution in [0.4, 0.5) is 16.0 Å². The first kappa shape index (κ1) is 18.1. The van der Waals surface area contributed by atoms with Gasteiger partial charge in [-0.1, -0.05) is 6.92 Å². The monoisotopic (exact) mass is 358 g/mol. The number of ether oxygens (including phenoxy) is 1. The number of piperidine rings is 1. The fraction of sp³-hybridized carbons (Fsp3) is 0.421. The number of carbonyl (C=O) groups excluding carboxylic acids is 1. The van der Waals surface area contributed by atoms with E-state index in [-0.39, 0.29) is 12.4 Å². The molecule has 1 N–H and O–H groups in total. The highest BCUT2D eigenvalue weighted by Gasteiger charge is 2.18. The molecule has 0 spiro atoms. The molecule has 6 nitrogen and oxygen atoms in total. The van der Waals surface area contributed by atoms with Crippen LogP contribution in [0, 0.1) is 11.7 Å². The standard InChI is InChI=1S/C19H23FN4O2/c1-13-4-3-7-24(11-13)18-9-17(22-12-23-18)21-10-15-8-14(19(25)26-2)5-6-16(15)20/h5-6,8-9,12-13H,3-4,7,10-11H2,1-2H3,(H,21,22,23). The lowest BCUT2D eigenvalue weighted by molar-refractivity contribution is 0.0600. The van der Waals surface area contributed by atoms with E-state index >= 15 is 0 Å². The molecule has 26 heavy (non-hydrogen) atoms. The molecule has 1 aromatic heterocycles. The molecule has 1 aromatic carbocycles. The molecule has 0 bridgehead atoms. The first-order valence-electron chi connectivity index (χ1n) is 8.74. The fourth-order valence-corrected chi connectivity index (χ4v) is 3.15. The van der Waals surface area contributed by atoms with E-state index in [9.17, 15) is 9.18 Å². The molecule has 0 aliphatic carbocycles. The molecule has 2 heterocycles. The van der Waals surface area contributed by atoms with E-state index in [4.69, 9.17) is 0 Å². The van der Waals surface area contributed by atoms with Gasteiger partial charge in [-0.3, -0.25) is 0 Å². The number of carbonyl (C=O) groups is 1. The number of methoxy groups -OCH3 is 1. The van der Waals surface area contributed by atoms with Gasteiger partial charge >= 0.3 is 5.97 Å². The first-order chi connectivity index (χ1) is 12.6. The van der Waals surface area contributed by atoms with Crippen LogP contribution in [-0.2, 0) is 11.3 Å². The second-order valence-electron chi connectivity index (χ2n) is 6.61. The zero-order chi connectivity index (χ0) is 18.5. The van der Waals surface area contributed by atoms with Crippen LogP contribution in [-0.4, -0.2) is 36.1 Å². The Morgan fingerprint density at radius 2 is 2.23 bits per heavy atom. The van der Waals surface area contributed by atoms with Gasteiger partial charge in [-0.15, -0.1) is 0 Å². The maximum Gasteiger partial charge on any atom is 0.337 e. The van der Waals surface area contributed by atoms with Crippen LogP contribution in [0.15, 0.2) is 30.6 Å². The van der Waals surface area contributed by atoms with Gasteiger partial charge in [0, 0.05) is 31.3 Å². The predicted molar refractivity (Wildman–Crippen MR) is 97.7 cm³/mol. The summed E-state index contributed by atoms with van der Waals surface area (Å²) in [7, 11) is 1.30. The Morgan fingerprint density at radius 3 is 3.00 bits per heavy atom. The largest absolute Gasteiger partial charge is 0.465 e. The molecule has 1 aliphatic rings. The molecular formula is C19H23FN4O2. The van der Waals surface area contributed by atoms with Gasteiger partial charge in [-0.2, -0.15) is 0 Å². The molecule has 3 rings (SSSR count). The number of halogens is 1. The number of nitrogens with zero attached hydrogens (tertiary/aromatic N) is 3. The summed E-state index contributed by atoms with van der Waals surface area (Å²) in [6, 6.07) is 6.04. The van der Waals surface area contributed by atoms with Gasteiger partial charge < -0.3 is 15.0 Å². The van der Waals surface area contributed by atoms with E-state index in [2.05, 4.69) is 31.8 Å². The van der Waals surface area contributed by atoms with Gasteiger partial charge in [-0.05, 0) is 37.0 Å². The molecular weight excluding hydrogens is 335 g/mol. The van der Waals surface area contributed by atoms with Gasteiger partial charge in [0.2, 0.25) is 0 Å². The molecule has 1 atom stereocenters. The Morgan fingerprint density at radius 1 is 1.38 bits per heavy atom. The van der Waals surface area contributed by atoms with Crippen LogP contribution in [0.1, 0.15) is 35.7 Å². The molecule has 0 amide bonds. The van der Waals surface area contributed by atoms with Crippen LogP contribution in [0.2, 0.25) is 0 Å². The molecule has 0 radical (unpaired) electrons. The zero-order valence-electron chi connectivity index (χ0n) is 15.0. The summed E-state index contributed by atoms with van der Waals surface area (Å²) in [4.78, 5) is 22.4. The predicted octanol–water partition coefficient (Wildman–Crippen LogP) is 3.25. The normalized spacial score (nSPS) is 17.0. The zero-order valence-corrected chi connectivity index (χ0v) is 15.0. The SMILES string of the molecule is COC(=O)c1ccc(F)c(CNc2cc(N3CCCC(C)C3)ncn2)c1. The van der Waals surface area contributed by atoms with Crippen molar-refractivity contribution < 1.29 is 13.9 Å². The average Bonchev–Trinajstić information content (AvgIpc) is 2.67. The van der Waals surface area contributed by atoms with E-state index in [1.807, 2.05) is 6.07 Å². The number of hydrogen-bond acceptors (Lipinski definition) is 6.